The third-order valence-corrected chi connectivity index (χ3v) is 5.79. The summed E-state index contributed by atoms with van der Waals surface area (Å²) in [5, 5.41) is 3.72. The van der Waals surface area contributed by atoms with Crippen LogP contribution in [0, 0.1) is 0 Å². The fraction of sp³-hybridized carbons (Fsp3) is 0.333. The van der Waals surface area contributed by atoms with Crippen molar-refractivity contribution in [3.8, 4) is 0 Å². The molecule has 0 saturated heterocycles. The number of hydrogen-bond donors (Lipinski definition) is 1. The van der Waals surface area contributed by atoms with E-state index in [9.17, 15) is 0 Å². The number of nitrogens with one attached hydrogen (secondary N) is 1. The Bertz CT molecular complexity index is 622. The molecule has 0 spiro atoms. The molecule has 1 nitrogen and oxygen atoms in total. The maximum Gasteiger partial charge on any atom is 0.0329 e. The van der Waals surface area contributed by atoms with Crippen LogP contribution >= 0.6 is 11.8 Å². The van der Waals surface area contributed by atoms with Crippen molar-refractivity contribution in [3.63, 3.8) is 0 Å². The summed E-state index contributed by atoms with van der Waals surface area (Å²) in [6, 6.07) is 18.4. The molecule has 102 valence electrons. The molecule has 2 heterocycles. The zero-order valence-electron chi connectivity index (χ0n) is 11.5. The Kier molecular flexibility index (Phi) is 3.29. The summed E-state index contributed by atoms with van der Waals surface area (Å²) in [5.41, 5.74) is 4.62. The normalized spacial score (nSPS) is 24.2. The van der Waals surface area contributed by atoms with E-state index in [1.807, 2.05) is 11.8 Å². The van der Waals surface area contributed by atoms with Crippen molar-refractivity contribution in [2.75, 3.05) is 12.3 Å². The smallest absolute Gasteiger partial charge is 0.0329 e. The van der Waals surface area contributed by atoms with Gasteiger partial charge in [-0.2, -0.15) is 0 Å². The second kappa shape index (κ2) is 5.27. The second-order valence-electron chi connectivity index (χ2n) is 5.74. The molecule has 2 unspecified atom stereocenters. The molecular formula is C18H19NS. The molecule has 0 fully saturated rings. The number of benzene rings is 2. The van der Waals surface area contributed by atoms with Gasteiger partial charge < -0.3 is 5.32 Å². The lowest BCUT2D eigenvalue weighted by Gasteiger charge is -2.29. The van der Waals surface area contributed by atoms with E-state index < -0.39 is 0 Å². The van der Waals surface area contributed by atoms with Gasteiger partial charge >= 0.3 is 0 Å². The molecular weight excluding hydrogens is 262 g/mol. The zero-order valence-corrected chi connectivity index (χ0v) is 12.3. The van der Waals surface area contributed by atoms with E-state index in [0.29, 0.717) is 12.0 Å². The molecule has 0 radical (unpaired) electrons. The fourth-order valence-corrected chi connectivity index (χ4v) is 4.78. The SMILES string of the molecule is c1ccc2c(c1)CCNC2CC1CSc2ccccc21. The van der Waals surface area contributed by atoms with Crippen LogP contribution in [0.2, 0.25) is 0 Å². The van der Waals surface area contributed by atoms with Crippen LogP contribution in [-0.2, 0) is 6.42 Å². The molecule has 2 heteroatoms. The van der Waals surface area contributed by atoms with Gasteiger partial charge in [0.05, 0.1) is 0 Å². The fourth-order valence-electron chi connectivity index (χ4n) is 3.51. The molecule has 2 aliphatic rings. The number of rotatable bonds is 2. The van der Waals surface area contributed by atoms with Crippen LogP contribution in [0.25, 0.3) is 0 Å². The third-order valence-electron chi connectivity index (χ3n) is 4.53. The number of hydrogen-bond acceptors (Lipinski definition) is 2. The summed E-state index contributed by atoms with van der Waals surface area (Å²) in [6.07, 6.45) is 2.39. The highest BCUT2D eigenvalue weighted by atomic mass is 32.2. The lowest BCUT2D eigenvalue weighted by Crippen LogP contribution is -2.31. The van der Waals surface area contributed by atoms with E-state index in [0.717, 1.165) is 6.54 Å². The van der Waals surface area contributed by atoms with Crippen LogP contribution < -0.4 is 5.32 Å². The van der Waals surface area contributed by atoms with Gasteiger partial charge in [-0.3, -0.25) is 0 Å². The van der Waals surface area contributed by atoms with E-state index in [1.54, 1.807) is 5.56 Å². The molecule has 20 heavy (non-hydrogen) atoms. The van der Waals surface area contributed by atoms with Gasteiger partial charge in [0.25, 0.3) is 0 Å². The summed E-state index contributed by atoms with van der Waals surface area (Å²) in [4.78, 5) is 1.49. The Morgan fingerprint density at radius 1 is 1.00 bits per heavy atom. The van der Waals surface area contributed by atoms with Gasteiger partial charge in [-0.25, -0.2) is 0 Å². The molecule has 0 aliphatic carbocycles. The van der Waals surface area contributed by atoms with Crippen molar-refractivity contribution in [1.29, 1.82) is 0 Å². The van der Waals surface area contributed by atoms with Crippen molar-refractivity contribution in [3.05, 3.63) is 65.2 Å². The highest BCUT2D eigenvalue weighted by molar-refractivity contribution is 7.99. The lowest BCUT2D eigenvalue weighted by atomic mass is 9.86. The van der Waals surface area contributed by atoms with Crippen molar-refractivity contribution >= 4 is 11.8 Å². The van der Waals surface area contributed by atoms with E-state index in [2.05, 4.69) is 53.8 Å². The quantitative estimate of drug-likeness (QED) is 0.887. The molecule has 2 aromatic carbocycles. The van der Waals surface area contributed by atoms with Crippen LogP contribution in [-0.4, -0.2) is 12.3 Å². The highest BCUT2D eigenvalue weighted by Crippen LogP contribution is 2.44. The van der Waals surface area contributed by atoms with Crippen LogP contribution in [0.5, 0.6) is 0 Å². The Morgan fingerprint density at radius 2 is 1.80 bits per heavy atom. The standard InChI is InChI=1S/C18H19NS/c1-2-6-15-13(5-1)9-10-19-17(15)11-14-12-20-18-8-4-3-7-16(14)18/h1-8,14,17,19H,9-12H2. The van der Waals surface area contributed by atoms with Crippen molar-refractivity contribution in [2.24, 2.45) is 0 Å². The van der Waals surface area contributed by atoms with Crippen molar-refractivity contribution in [2.45, 2.75) is 29.7 Å². The largest absolute Gasteiger partial charge is 0.310 e. The van der Waals surface area contributed by atoms with E-state index in [1.165, 1.54) is 34.6 Å². The van der Waals surface area contributed by atoms with Gasteiger partial charge in [0.2, 0.25) is 0 Å². The van der Waals surface area contributed by atoms with Crippen LogP contribution in [0.4, 0.5) is 0 Å². The number of fused-ring (bicyclic) bond motifs is 2. The molecule has 2 aliphatic heterocycles. The zero-order chi connectivity index (χ0) is 13.4. The molecule has 0 bridgehead atoms. The van der Waals surface area contributed by atoms with Gasteiger partial charge in [0, 0.05) is 16.7 Å². The predicted octanol–water partition coefficient (Wildman–Crippen LogP) is 4.15. The highest BCUT2D eigenvalue weighted by Gasteiger charge is 2.28. The monoisotopic (exact) mass is 281 g/mol. The van der Waals surface area contributed by atoms with Crippen LogP contribution in [0.1, 0.15) is 35.1 Å². The van der Waals surface area contributed by atoms with Gasteiger partial charge in [-0.05, 0) is 48.1 Å². The summed E-state index contributed by atoms with van der Waals surface area (Å²) in [7, 11) is 0. The maximum atomic E-state index is 3.72. The minimum Gasteiger partial charge on any atom is -0.310 e. The Labute approximate surface area is 124 Å². The summed E-state index contributed by atoms with van der Waals surface area (Å²) in [6.45, 7) is 1.11. The summed E-state index contributed by atoms with van der Waals surface area (Å²) < 4.78 is 0. The van der Waals surface area contributed by atoms with Gasteiger partial charge in [0.1, 0.15) is 0 Å². The van der Waals surface area contributed by atoms with Crippen LogP contribution in [0.3, 0.4) is 0 Å². The molecule has 2 atom stereocenters. The Balaban J connectivity index is 1.59. The molecule has 0 saturated carbocycles. The lowest BCUT2D eigenvalue weighted by molar-refractivity contribution is 0.448. The molecule has 0 amide bonds. The van der Waals surface area contributed by atoms with E-state index in [-0.39, 0.29) is 0 Å². The van der Waals surface area contributed by atoms with Gasteiger partial charge in [0.15, 0.2) is 0 Å². The Morgan fingerprint density at radius 3 is 2.75 bits per heavy atom. The average molecular weight is 281 g/mol. The summed E-state index contributed by atoms with van der Waals surface area (Å²) >= 11 is 2.02. The number of thioether (sulfide) groups is 1. The first-order valence-electron chi connectivity index (χ1n) is 7.45. The molecule has 4 rings (SSSR count). The minimum absolute atomic E-state index is 0.525. The maximum absolute atomic E-state index is 3.72. The van der Waals surface area contributed by atoms with E-state index in [4.69, 9.17) is 0 Å². The Hall–Kier alpha value is -1.25. The second-order valence-corrected chi connectivity index (χ2v) is 6.80. The topological polar surface area (TPSA) is 12.0 Å². The average Bonchev–Trinajstić information content (AvgIpc) is 2.91. The molecule has 2 aromatic rings. The first kappa shape index (κ1) is 12.5. The van der Waals surface area contributed by atoms with Crippen molar-refractivity contribution < 1.29 is 0 Å². The van der Waals surface area contributed by atoms with Gasteiger partial charge in [-0.15, -0.1) is 11.8 Å². The van der Waals surface area contributed by atoms with Gasteiger partial charge in [-0.1, -0.05) is 42.5 Å². The molecule has 1 N–H and O–H groups in total. The van der Waals surface area contributed by atoms with E-state index >= 15 is 0 Å². The van der Waals surface area contributed by atoms with Crippen LogP contribution in [0.15, 0.2) is 53.4 Å². The van der Waals surface area contributed by atoms with Crippen molar-refractivity contribution in [1.82, 2.24) is 5.32 Å². The third kappa shape index (κ3) is 2.17. The minimum atomic E-state index is 0.525. The molecule has 0 aromatic heterocycles. The first-order valence-corrected chi connectivity index (χ1v) is 8.43. The predicted molar refractivity (Wildman–Crippen MR) is 85.4 cm³/mol. The summed E-state index contributed by atoms with van der Waals surface area (Å²) in [5.74, 6) is 1.93. The first-order chi connectivity index (χ1) is 9.92.